The molecule has 1 amide bonds. The lowest BCUT2D eigenvalue weighted by molar-refractivity contribution is 0.0745. The highest BCUT2D eigenvalue weighted by atomic mass is 35.5. The second-order valence-electron chi connectivity index (χ2n) is 4.31. The SMILES string of the molecule is CN(CC(C)(C)CN)C(=O)c1cnns1.Cl. The summed E-state index contributed by atoms with van der Waals surface area (Å²) in [6.45, 7) is 5.23. The van der Waals surface area contributed by atoms with Crippen LogP contribution in [0.15, 0.2) is 6.20 Å². The van der Waals surface area contributed by atoms with Crippen molar-refractivity contribution >= 4 is 29.8 Å². The zero-order valence-corrected chi connectivity index (χ0v) is 11.3. The van der Waals surface area contributed by atoms with Crippen LogP contribution in [0.4, 0.5) is 0 Å². The molecule has 7 heteroatoms. The van der Waals surface area contributed by atoms with Gasteiger partial charge in [-0.2, -0.15) is 0 Å². The van der Waals surface area contributed by atoms with Gasteiger partial charge in [0.1, 0.15) is 4.88 Å². The molecule has 0 spiro atoms. The fraction of sp³-hybridized carbons (Fsp3) is 0.667. The van der Waals surface area contributed by atoms with Crippen molar-refractivity contribution in [1.82, 2.24) is 14.5 Å². The number of amides is 1. The topological polar surface area (TPSA) is 72.1 Å². The summed E-state index contributed by atoms with van der Waals surface area (Å²) in [6, 6.07) is 0. The standard InChI is InChI=1S/C9H16N4OS.ClH/c1-9(2,5-10)6-13(3)8(14)7-4-11-12-15-7;/h4H,5-6,10H2,1-3H3;1H. The fourth-order valence-corrected chi connectivity index (χ4v) is 1.74. The lowest BCUT2D eigenvalue weighted by Crippen LogP contribution is -2.39. The van der Waals surface area contributed by atoms with Crippen molar-refractivity contribution in [3.8, 4) is 0 Å². The maximum Gasteiger partial charge on any atom is 0.266 e. The van der Waals surface area contributed by atoms with Gasteiger partial charge >= 0.3 is 0 Å². The highest BCUT2D eigenvalue weighted by Gasteiger charge is 2.22. The van der Waals surface area contributed by atoms with Gasteiger partial charge in [0, 0.05) is 13.6 Å². The molecule has 1 heterocycles. The number of nitrogens with two attached hydrogens (primary N) is 1. The van der Waals surface area contributed by atoms with Gasteiger partial charge in [-0.15, -0.1) is 17.5 Å². The van der Waals surface area contributed by atoms with E-state index in [2.05, 4.69) is 9.59 Å². The molecule has 0 saturated heterocycles. The van der Waals surface area contributed by atoms with Crippen molar-refractivity contribution in [3.05, 3.63) is 11.1 Å². The Balaban J connectivity index is 0.00000225. The number of nitrogens with zero attached hydrogens (tertiary/aromatic N) is 3. The first-order valence-corrected chi connectivity index (χ1v) is 5.46. The van der Waals surface area contributed by atoms with E-state index in [4.69, 9.17) is 5.73 Å². The van der Waals surface area contributed by atoms with E-state index in [1.165, 1.54) is 6.20 Å². The van der Waals surface area contributed by atoms with Crippen molar-refractivity contribution in [3.63, 3.8) is 0 Å². The van der Waals surface area contributed by atoms with E-state index in [1.54, 1.807) is 11.9 Å². The molecular weight excluding hydrogens is 248 g/mol. The zero-order valence-electron chi connectivity index (χ0n) is 9.64. The quantitative estimate of drug-likeness (QED) is 0.881. The van der Waals surface area contributed by atoms with Gasteiger partial charge in [-0.05, 0) is 23.5 Å². The highest BCUT2D eigenvalue weighted by molar-refractivity contribution is 7.07. The molecule has 92 valence electrons. The number of carbonyl (C=O) groups excluding carboxylic acids is 1. The Hall–Kier alpha value is -0.720. The van der Waals surface area contributed by atoms with Crippen molar-refractivity contribution in [2.24, 2.45) is 11.1 Å². The summed E-state index contributed by atoms with van der Waals surface area (Å²) in [4.78, 5) is 14.0. The van der Waals surface area contributed by atoms with Gasteiger partial charge in [-0.3, -0.25) is 4.79 Å². The third-order valence-electron chi connectivity index (χ3n) is 2.14. The van der Waals surface area contributed by atoms with Gasteiger partial charge in [0.15, 0.2) is 0 Å². The lowest BCUT2D eigenvalue weighted by Gasteiger charge is -2.28. The van der Waals surface area contributed by atoms with Gasteiger partial charge in [0.2, 0.25) is 0 Å². The molecule has 0 saturated carbocycles. The van der Waals surface area contributed by atoms with E-state index >= 15 is 0 Å². The predicted octanol–water partition coefficient (Wildman–Crippen LogP) is 1.02. The summed E-state index contributed by atoms with van der Waals surface area (Å²) >= 11 is 1.11. The Morgan fingerprint density at radius 1 is 1.62 bits per heavy atom. The summed E-state index contributed by atoms with van der Waals surface area (Å²) in [5.41, 5.74) is 5.55. The van der Waals surface area contributed by atoms with Crippen LogP contribution < -0.4 is 5.73 Å². The van der Waals surface area contributed by atoms with Gasteiger partial charge < -0.3 is 10.6 Å². The number of rotatable bonds is 4. The smallest absolute Gasteiger partial charge is 0.266 e. The van der Waals surface area contributed by atoms with Crippen molar-refractivity contribution < 1.29 is 4.79 Å². The van der Waals surface area contributed by atoms with Crippen molar-refractivity contribution in [2.75, 3.05) is 20.1 Å². The van der Waals surface area contributed by atoms with Gasteiger partial charge in [-0.25, -0.2) is 0 Å². The minimum absolute atomic E-state index is 0. The third-order valence-corrected chi connectivity index (χ3v) is 2.79. The molecule has 0 radical (unpaired) electrons. The minimum atomic E-state index is -0.0669. The summed E-state index contributed by atoms with van der Waals surface area (Å²) in [5.74, 6) is -0.0495. The largest absolute Gasteiger partial charge is 0.340 e. The molecule has 16 heavy (non-hydrogen) atoms. The van der Waals surface area contributed by atoms with E-state index in [0.717, 1.165) is 11.5 Å². The minimum Gasteiger partial charge on any atom is -0.340 e. The molecule has 0 bridgehead atoms. The highest BCUT2D eigenvalue weighted by Crippen LogP contribution is 2.16. The first-order valence-electron chi connectivity index (χ1n) is 4.69. The second kappa shape index (κ2) is 6.12. The van der Waals surface area contributed by atoms with E-state index in [-0.39, 0.29) is 23.7 Å². The van der Waals surface area contributed by atoms with E-state index in [1.807, 2.05) is 13.8 Å². The van der Waals surface area contributed by atoms with Gasteiger partial charge in [0.05, 0.1) is 6.20 Å². The molecule has 5 nitrogen and oxygen atoms in total. The summed E-state index contributed by atoms with van der Waals surface area (Å²) < 4.78 is 3.66. The predicted molar refractivity (Wildman–Crippen MR) is 67.0 cm³/mol. The Labute approximate surface area is 106 Å². The van der Waals surface area contributed by atoms with E-state index < -0.39 is 0 Å². The number of hydrogen-bond acceptors (Lipinski definition) is 5. The Morgan fingerprint density at radius 2 is 2.25 bits per heavy atom. The van der Waals surface area contributed by atoms with Crippen LogP contribution in [-0.4, -0.2) is 40.5 Å². The molecular formula is C9H17ClN4OS. The average molecular weight is 265 g/mol. The first-order chi connectivity index (χ1) is 6.96. The molecule has 2 N–H and O–H groups in total. The fourth-order valence-electron chi connectivity index (χ4n) is 1.23. The molecule has 0 fully saturated rings. The van der Waals surface area contributed by atoms with Crippen molar-refractivity contribution in [1.29, 1.82) is 0 Å². The number of halogens is 1. The van der Waals surface area contributed by atoms with Crippen LogP contribution in [0.3, 0.4) is 0 Å². The zero-order chi connectivity index (χ0) is 11.5. The normalized spacial score (nSPS) is 10.8. The summed E-state index contributed by atoms with van der Waals surface area (Å²) in [7, 11) is 1.76. The van der Waals surface area contributed by atoms with Crippen LogP contribution in [0.5, 0.6) is 0 Å². The maximum atomic E-state index is 11.8. The maximum absolute atomic E-state index is 11.8. The van der Waals surface area contributed by atoms with Crippen LogP contribution in [0.1, 0.15) is 23.5 Å². The van der Waals surface area contributed by atoms with Gasteiger partial charge in [-0.1, -0.05) is 18.3 Å². The molecule has 0 unspecified atom stereocenters. The third kappa shape index (κ3) is 4.03. The van der Waals surface area contributed by atoms with Crippen LogP contribution in [0.2, 0.25) is 0 Å². The van der Waals surface area contributed by atoms with Crippen LogP contribution >= 0.6 is 23.9 Å². The molecule has 0 aliphatic carbocycles. The van der Waals surface area contributed by atoms with Gasteiger partial charge in [0.25, 0.3) is 5.91 Å². The molecule has 1 aromatic rings. The second-order valence-corrected chi connectivity index (χ2v) is 5.10. The lowest BCUT2D eigenvalue weighted by atomic mass is 9.93. The van der Waals surface area contributed by atoms with Crippen LogP contribution in [0.25, 0.3) is 0 Å². The molecule has 1 rings (SSSR count). The summed E-state index contributed by atoms with van der Waals surface area (Å²) in [5, 5.41) is 3.64. The molecule has 1 aromatic heterocycles. The molecule has 0 aromatic carbocycles. The van der Waals surface area contributed by atoms with Crippen LogP contribution in [0, 0.1) is 5.41 Å². The van der Waals surface area contributed by atoms with E-state index in [9.17, 15) is 4.79 Å². The molecule has 0 atom stereocenters. The molecule has 0 aliphatic rings. The Kier molecular flexibility index (Phi) is 5.85. The average Bonchev–Trinajstić information content (AvgIpc) is 2.68. The number of aromatic nitrogens is 2. The van der Waals surface area contributed by atoms with Crippen molar-refractivity contribution in [2.45, 2.75) is 13.8 Å². The first kappa shape index (κ1) is 15.3. The van der Waals surface area contributed by atoms with Crippen LogP contribution in [-0.2, 0) is 0 Å². The number of carbonyl (C=O) groups is 1. The monoisotopic (exact) mass is 264 g/mol. The van der Waals surface area contributed by atoms with E-state index in [0.29, 0.717) is 18.0 Å². The molecule has 0 aliphatic heterocycles. The number of hydrogen-bond donors (Lipinski definition) is 1. The summed E-state index contributed by atoms with van der Waals surface area (Å²) in [6.07, 6.45) is 1.49. The Bertz CT molecular complexity index is 328. The Morgan fingerprint density at radius 3 is 2.69 bits per heavy atom.